The molecule has 0 atom stereocenters. The lowest BCUT2D eigenvalue weighted by Crippen LogP contribution is -1.58. The van der Waals surface area contributed by atoms with Crippen molar-refractivity contribution in [1.82, 2.24) is 0 Å². The fourth-order valence-electron chi connectivity index (χ4n) is 0.713. The van der Waals surface area contributed by atoms with E-state index in [2.05, 4.69) is 35.5 Å². The number of hydrogen-bond donors (Lipinski definition) is 0. The van der Waals surface area contributed by atoms with Crippen LogP contribution in [0.15, 0.2) is 28.9 Å². The second-order valence-electron chi connectivity index (χ2n) is 2.24. The molecule has 0 radical (unpaired) electrons. The molecule has 14 heavy (non-hydrogen) atoms. The van der Waals surface area contributed by atoms with Crippen molar-refractivity contribution >= 4 is 6.08 Å². The van der Waals surface area contributed by atoms with E-state index in [-0.39, 0.29) is 0 Å². The minimum atomic E-state index is 0.778. The van der Waals surface area contributed by atoms with Gasteiger partial charge in [-0.15, -0.1) is 0 Å². The second kappa shape index (κ2) is 6.24. The van der Waals surface area contributed by atoms with Crippen LogP contribution in [0.5, 0.6) is 0 Å². The summed E-state index contributed by atoms with van der Waals surface area (Å²) in [4.78, 5) is 0. The van der Waals surface area contributed by atoms with Gasteiger partial charge in [0.05, 0.1) is 6.26 Å². The van der Waals surface area contributed by atoms with Crippen LogP contribution >= 0.6 is 0 Å². The van der Waals surface area contributed by atoms with Gasteiger partial charge in [-0.25, -0.2) is 0 Å². The minimum absolute atomic E-state index is 0.778. The third kappa shape index (κ3) is 3.91. The number of allylic oxidation sites excluding steroid dienone is 1. The molecule has 0 aromatic carbocycles. The fourth-order valence-corrected chi connectivity index (χ4v) is 0.713. The van der Waals surface area contributed by atoms with Crippen molar-refractivity contribution in [3.8, 4) is 35.5 Å². The topological polar surface area (TPSA) is 13.1 Å². The molecule has 0 unspecified atom stereocenters. The highest BCUT2D eigenvalue weighted by molar-refractivity contribution is 5.48. The summed E-state index contributed by atoms with van der Waals surface area (Å²) in [5, 5.41) is 0. The molecule has 1 heterocycles. The van der Waals surface area contributed by atoms with Crippen LogP contribution in [-0.2, 0) is 0 Å². The molecule has 0 saturated heterocycles. The summed E-state index contributed by atoms with van der Waals surface area (Å²) < 4.78 is 5.07. The van der Waals surface area contributed by atoms with Gasteiger partial charge in [0.25, 0.3) is 0 Å². The largest absolute Gasteiger partial charge is 0.465 e. The Morgan fingerprint density at radius 2 is 2.07 bits per heavy atom. The summed E-state index contributed by atoms with van der Waals surface area (Å²) in [5.41, 5.74) is 0. The quantitative estimate of drug-likeness (QED) is 0.604. The van der Waals surface area contributed by atoms with Gasteiger partial charge in [-0.2, -0.15) is 0 Å². The Balaban J connectivity index is 2.47. The first-order valence-electron chi connectivity index (χ1n) is 4.06. The van der Waals surface area contributed by atoms with Crippen LogP contribution in [0, 0.1) is 35.5 Å². The maximum Gasteiger partial charge on any atom is 0.127 e. The predicted molar refractivity (Wildman–Crippen MR) is 56.7 cm³/mol. The van der Waals surface area contributed by atoms with E-state index in [4.69, 9.17) is 4.42 Å². The summed E-state index contributed by atoms with van der Waals surface area (Å²) in [6.45, 7) is 1.74. The molecule has 0 bridgehead atoms. The average molecular weight is 180 g/mol. The van der Waals surface area contributed by atoms with Gasteiger partial charge in [0.15, 0.2) is 0 Å². The molecule has 0 saturated carbocycles. The zero-order chi connectivity index (χ0) is 10.1. The Morgan fingerprint density at radius 1 is 1.21 bits per heavy atom. The van der Waals surface area contributed by atoms with E-state index in [1.807, 2.05) is 12.1 Å². The normalized spacial score (nSPS) is 7.79. The zero-order valence-corrected chi connectivity index (χ0v) is 7.79. The molecule has 1 aromatic rings. The molecule has 0 spiro atoms. The van der Waals surface area contributed by atoms with Crippen molar-refractivity contribution in [3.05, 3.63) is 30.2 Å². The molecule has 0 aliphatic rings. The first-order valence-corrected chi connectivity index (χ1v) is 4.06. The average Bonchev–Trinajstić information content (AvgIpc) is 2.69. The lowest BCUT2D eigenvalue weighted by Gasteiger charge is -1.76. The molecule has 66 valence electrons. The maximum atomic E-state index is 5.07. The van der Waals surface area contributed by atoms with Crippen LogP contribution in [0.4, 0.5) is 0 Å². The van der Waals surface area contributed by atoms with Crippen LogP contribution in [-0.4, -0.2) is 0 Å². The van der Waals surface area contributed by atoms with E-state index in [1.165, 1.54) is 0 Å². The molecule has 0 N–H and O–H groups in total. The number of rotatable bonds is 1. The van der Waals surface area contributed by atoms with Crippen LogP contribution in [0.3, 0.4) is 0 Å². The van der Waals surface area contributed by atoms with Crippen molar-refractivity contribution in [2.45, 2.75) is 6.92 Å². The van der Waals surface area contributed by atoms with Gasteiger partial charge < -0.3 is 4.42 Å². The molecule has 0 aliphatic carbocycles. The molecule has 0 aliphatic heterocycles. The molecular formula is C13H8O. The highest BCUT2D eigenvalue weighted by atomic mass is 16.3. The highest BCUT2D eigenvalue weighted by Crippen LogP contribution is 2.00. The lowest BCUT2D eigenvalue weighted by atomic mass is 10.4. The van der Waals surface area contributed by atoms with Gasteiger partial charge >= 0.3 is 0 Å². The zero-order valence-electron chi connectivity index (χ0n) is 7.79. The van der Waals surface area contributed by atoms with Crippen LogP contribution in [0.25, 0.3) is 6.08 Å². The third-order valence-electron chi connectivity index (χ3n) is 1.26. The third-order valence-corrected chi connectivity index (χ3v) is 1.26. The van der Waals surface area contributed by atoms with Crippen molar-refractivity contribution in [2.24, 2.45) is 0 Å². The van der Waals surface area contributed by atoms with Gasteiger partial charge in [-0.1, -0.05) is 11.8 Å². The van der Waals surface area contributed by atoms with Crippen LogP contribution < -0.4 is 0 Å². The fraction of sp³-hybridized carbons (Fsp3) is 0.0769. The van der Waals surface area contributed by atoms with Gasteiger partial charge in [0.2, 0.25) is 0 Å². The summed E-state index contributed by atoms with van der Waals surface area (Å²) in [6.07, 6.45) is 5.08. The lowest BCUT2D eigenvalue weighted by molar-refractivity contribution is 0.557. The van der Waals surface area contributed by atoms with Crippen molar-refractivity contribution < 1.29 is 4.42 Å². The first kappa shape index (κ1) is 9.79. The molecule has 0 fully saturated rings. The highest BCUT2D eigenvalue weighted by Gasteiger charge is 1.83. The molecular weight excluding hydrogens is 172 g/mol. The van der Waals surface area contributed by atoms with Crippen LogP contribution in [0.2, 0.25) is 0 Å². The molecule has 0 amide bonds. The van der Waals surface area contributed by atoms with E-state index in [0.29, 0.717) is 0 Å². The molecule has 1 nitrogen and oxygen atoms in total. The Bertz CT molecular complexity index is 471. The van der Waals surface area contributed by atoms with Gasteiger partial charge in [0.1, 0.15) is 5.76 Å². The number of hydrogen-bond acceptors (Lipinski definition) is 1. The van der Waals surface area contributed by atoms with E-state index < -0.39 is 0 Å². The molecule has 1 heteroatoms. The van der Waals surface area contributed by atoms with Crippen molar-refractivity contribution in [2.75, 3.05) is 0 Å². The summed E-state index contributed by atoms with van der Waals surface area (Å²) in [5.74, 6) is 16.6. The Labute approximate surface area is 83.8 Å². The van der Waals surface area contributed by atoms with Gasteiger partial charge in [-0.05, 0) is 54.9 Å². The van der Waals surface area contributed by atoms with E-state index in [1.54, 1.807) is 25.3 Å². The SMILES string of the molecule is CC#CC#CC#C/C=C/c1ccco1. The molecule has 1 rings (SSSR count). The second-order valence-corrected chi connectivity index (χ2v) is 2.24. The monoisotopic (exact) mass is 180 g/mol. The van der Waals surface area contributed by atoms with Gasteiger partial charge in [0, 0.05) is 0 Å². The standard InChI is InChI=1S/C13H8O/c1-2-3-4-5-6-7-8-10-13-11-9-12-14-13/h8-12H,1H3/b10-8+. The first-order chi connectivity index (χ1) is 6.93. The van der Waals surface area contributed by atoms with Crippen LogP contribution in [0.1, 0.15) is 12.7 Å². The Morgan fingerprint density at radius 3 is 2.79 bits per heavy atom. The van der Waals surface area contributed by atoms with Crippen molar-refractivity contribution in [3.63, 3.8) is 0 Å². The van der Waals surface area contributed by atoms with Gasteiger partial charge in [-0.3, -0.25) is 0 Å². The smallest absolute Gasteiger partial charge is 0.127 e. The summed E-state index contributed by atoms with van der Waals surface area (Å²) in [6, 6.07) is 3.68. The Hall–Kier alpha value is -2.30. The van der Waals surface area contributed by atoms with E-state index in [9.17, 15) is 0 Å². The van der Waals surface area contributed by atoms with Crippen molar-refractivity contribution in [1.29, 1.82) is 0 Å². The minimum Gasteiger partial charge on any atom is -0.465 e. The predicted octanol–water partition coefficient (Wildman–Crippen LogP) is 2.32. The van der Waals surface area contributed by atoms with E-state index >= 15 is 0 Å². The Kier molecular flexibility index (Phi) is 4.36. The summed E-state index contributed by atoms with van der Waals surface area (Å²) in [7, 11) is 0. The number of furan rings is 1. The van der Waals surface area contributed by atoms with E-state index in [0.717, 1.165) is 5.76 Å². The maximum absolute atomic E-state index is 5.07. The summed E-state index contributed by atoms with van der Waals surface area (Å²) >= 11 is 0. The molecule has 1 aromatic heterocycles.